The van der Waals surface area contributed by atoms with Crippen LogP contribution in [-0.4, -0.2) is 58.6 Å². The zero-order valence-electron chi connectivity index (χ0n) is 19.9. The maximum absolute atomic E-state index is 14.1. The number of fused-ring (bicyclic) bond motifs is 2. The minimum atomic E-state index is -0.513. The zero-order valence-corrected chi connectivity index (χ0v) is 19.9. The lowest BCUT2D eigenvalue weighted by Crippen LogP contribution is -2.63. The van der Waals surface area contributed by atoms with Gasteiger partial charge in [-0.25, -0.2) is 19.0 Å². The van der Waals surface area contributed by atoms with Crippen molar-refractivity contribution < 1.29 is 13.6 Å². The first-order valence-corrected chi connectivity index (χ1v) is 12.6. The molecule has 2 amide bonds. The fourth-order valence-electron chi connectivity index (χ4n) is 6.64. The average molecular weight is 483 g/mol. The summed E-state index contributed by atoms with van der Waals surface area (Å²) in [5, 5.41) is 3.28. The van der Waals surface area contributed by atoms with E-state index in [0.29, 0.717) is 24.4 Å². The highest BCUT2D eigenvalue weighted by molar-refractivity contribution is 5.76. The number of hydrogen-bond donors (Lipinski definition) is 3. The number of carbonyl (C=O) groups excluding carboxylic acids is 1. The molecular formula is C26H32F2N6O. The number of nitrogens with one attached hydrogen (secondary N) is 3. The first-order chi connectivity index (χ1) is 17.0. The van der Waals surface area contributed by atoms with Crippen LogP contribution in [0.15, 0.2) is 36.5 Å². The molecule has 0 radical (unpaired) electrons. The van der Waals surface area contributed by atoms with Crippen LogP contribution < -0.4 is 16.2 Å². The summed E-state index contributed by atoms with van der Waals surface area (Å²) in [6.45, 7) is 4.32. The second-order valence-electron chi connectivity index (χ2n) is 10.6. The maximum Gasteiger partial charge on any atom is 0.317 e. The lowest BCUT2D eigenvalue weighted by molar-refractivity contribution is 0.0811. The summed E-state index contributed by atoms with van der Waals surface area (Å²) in [6.07, 6.45) is 4.61. The fourth-order valence-corrected chi connectivity index (χ4v) is 6.64. The molecule has 0 spiro atoms. The van der Waals surface area contributed by atoms with E-state index in [-0.39, 0.29) is 36.3 Å². The molecule has 2 aromatic rings. The van der Waals surface area contributed by atoms with Crippen molar-refractivity contribution in [2.24, 2.45) is 11.8 Å². The molecule has 35 heavy (non-hydrogen) atoms. The normalized spacial score (nSPS) is 32.9. The lowest BCUT2D eigenvalue weighted by atomic mass is 9.71. The van der Waals surface area contributed by atoms with Gasteiger partial charge in [-0.1, -0.05) is 6.07 Å². The molecule has 1 aromatic carbocycles. The van der Waals surface area contributed by atoms with E-state index >= 15 is 0 Å². The molecule has 5 unspecified atom stereocenters. The van der Waals surface area contributed by atoms with Crippen molar-refractivity contribution in [1.29, 1.82) is 0 Å². The Morgan fingerprint density at radius 1 is 1.09 bits per heavy atom. The Bertz CT molecular complexity index is 1090. The number of likely N-dealkylation sites (tertiary alicyclic amines) is 1. The summed E-state index contributed by atoms with van der Waals surface area (Å²) in [7, 11) is 0. The van der Waals surface area contributed by atoms with E-state index in [1.165, 1.54) is 23.8 Å². The summed E-state index contributed by atoms with van der Waals surface area (Å²) < 4.78 is 28.3. The van der Waals surface area contributed by atoms with Gasteiger partial charge < -0.3 is 10.2 Å². The molecule has 1 aliphatic carbocycles. The van der Waals surface area contributed by atoms with E-state index in [1.807, 2.05) is 18.0 Å². The Labute approximate surface area is 204 Å². The molecule has 4 heterocycles. The molecule has 4 aliphatic rings. The van der Waals surface area contributed by atoms with Crippen molar-refractivity contribution in [3.05, 3.63) is 65.0 Å². The molecule has 3 N–H and O–H groups in total. The summed E-state index contributed by atoms with van der Waals surface area (Å²) in [5.41, 5.74) is 9.34. The van der Waals surface area contributed by atoms with Crippen LogP contribution in [0.2, 0.25) is 0 Å². The summed E-state index contributed by atoms with van der Waals surface area (Å²) >= 11 is 0. The average Bonchev–Trinajstić information content (AvgIpc) is 3.46. The van der Waals surface area contributed by atoms with Crippen LogP contribution in [0.3, 0.4) is 0 Å². The van der Waals surface area contributed by atoms with E-state index in [1.54, 1.807) is 0 Å². The molecule has 6 atom stereocenters. The number of rotatable bonds is 4. The highest BCUT2D eigenvalue weighted by atomic mass is 19.1. The number of carbonyl (C=O) groups is 1. The summed E-state index contributed by atoms with van der Waals surface area (Å²) in [4.78, 5) is 21.4. The van der Waals surface area contributed by atoms with Gasteiger partial charge in [0.2, 0.25) is 0 Å². The van der Waals surface area contributed by atoms with Crippen molar-refractivity contribution in [2.75, 3.05) is 19.6 Å². The van der Waals surface area contributed by atoms with E-state index in [9.17, 15) is 13.6 Å². The van der Waals surface area contributed by atoms with Gasteiger partial charge in [0.05, 0.1) is 6.04 Å². The van der Waals surface area contributed by atoms with Gasteiger partial charge >= 0.3 is 6.03 Å². The minimum Gasteiger partial charge on any atom is -0.335 e. The molecular weight excluding hydrogens is 450 g/mol. The quantitative estimate of drug-likeness (QED) is 0.625. The van der Waals surface area contributed by atoms with E-state index in [0.717, 1.165) is 38.0 Å². The Morgan fingerprint density at radius 3 is 2.71 bits per heavy atom. The number of urea groups is 1. The van der Waals surface area contributed by atoms with Gasteiger partial charge in [0.25, 0.3) is 0 Å². The molecule has 3 aliphatic heterocycles. The fraction of sp³-hybridized carbons (Fsp3) is 0.538. The van der Waals surface area contributed by atoms with Gasteiger partial charge in [0.1, 0.15) is 11.6 Å². The number of pyridine rings is 1. The highest BCUT2D eigenvalue weighted by Gasteiger charge is 2.49. The Kier molecular flexibility index (Phi) is 5.94. The van der Waals surface area contributed by atoms with E-state index in [4.69, 9.17) is 0 Å². The van der Waals surface area contributed by atoms with Crippen molar-refractivity contribution in [3.63, 3.8) is 0 Å². The van der Waals surface area contributed by atoms with Gasteiger partial charge in [0.15, 0.2) is 0 Å². The first-order valence-electron chi connectivity index (χ1n) is 12.6. The largest absolute Gasteiger partial charge is 0.335 e. The van der Waals surface area contributed by atoms with Crippen LogP contribution in [-0.2, 0) is 6.54 Å². The maximum atomic E-state index is 14.1. The Balaban J connectivity index is 1.12. The van der Waals surface area contributed by atoms with Crippen LogP contribution in [0.1, 0.15) is 42.1 Å². The van der Waals surface area contributed by atoms with Crippen LogP contribution in [0.4, 0.5) is 13.6 Å². The highest BCUT2D eigenvalue weighted by Crippen LogP contribution is 2.42. The van der Waals surface area contributed by atoms with Gasteiger partial charge in [-0.05, 0) is 67.9 Å². The standard InChI is InChI=1S/C26H32F2N6O/c1-15-9-16(5-7-29-15)25-19-10-17-12-34(26(35)30-23(17)11-24(19)31-32-25)18-6-8-33(13-18)14-20-21(27)3-2-4-22(20)28/h2-5,7,9,17-19,23-25,31-32H,6,8,10-14H2,1H3,(H,30,35)/t17?,18-,19?,23?,24?,25?/m1/s1. The third-order valence-electron chi connectivity index (χ3n) is 8.43. The summed E-state index contributed by atoms with van der Waals surface area (Å²) in [5.74, 6) is -0.207. The Morgan fingerprint density at radius 2 is 1.91 bits per heavy atom. The Hall–Kier alpha value is -2.62. The number of aryl methyl sites for hydroxylation is 1. The van der Waals surface area contributed by atoms with Crippen molar-refractivity contribution >= 4 is 6.03 Å². The molecule has 6 rings (SSSR count). The number of benzene rings is 1. The zero-order chi connectivity index (χ0) is 24.1. The summed E-state index contributed by atoms with van der Waals surface area (Å²) in [6, 6.07) is 8.97. The van der Waals surface area contributed by atoms with Gasteiger partial charge in [-0.3, -0.25) is 15.3 Å². The monoisotopic (exact) mass is 482 g/mol. The third-order valence-corrected chi connectivity index (χ3v) is 8.43. The topological polar surface area (TPSA) is 72.5 Å². The molecule has 4 fully saturated rings. The molecule has 1 aromatic heterocycles. The predicted molar refractivity (Wildman–Crippen MR) is 127 cm³/mol. The molecule has 7 nitrogen and oxygen atoms in total. The molecule has 186 valence electrons. The molecule has 1 saturated carbocycles. The van der Waals surface area contributed by atoms with Gasteiger partial charge in [-0.2, -0.15) is 0 Å². The first kappa shape index (κ1) is 22.8. The van der Waals surface area contributed by atoms with Crippen molar-refractivity contribution in [3.8, 4) is 0 Å². The molecule has 0 bridgehead atoms. The van der Waals surface area contributed by atoms with Crippen LogP contribution in [0.5, 0.6) is 0 Å². The second kappa shape index (κ2) is 9.11. The van der Waals surface area contributed by atoms with Crippen LogP contribution in [0.25, 0.3) is 0 Å². The smallest absolute Gasteiger partial charge is 0.317 e. The molecule has 9 heteroatoms. The van der Waals surface area contributed by atoms with Crippen LogP contribution in [0, 0.1) is 30.4 Å². The number of hydrogen-bond acceptors (Lipinski definition) is 5. The number of nitrogens with zero attached hydrogens (tertiary/aromatic N) is 3. The van der Waals surface area contributed by atoms with Crippen molar-refractivity contribution in [2.45, 2.75) is 56.9 Å². The number of aromatic nitrogens is 1. The van der Waals surface area contributed by atoms with Gasteiger partial charge in [0, 0.05) is 61.8 Å². The van der Waals surface area contributed by atoms with Gasteiger partial charge in [-0.15, -0.1) is 0 Å². The van der Waals surface area contributed by atoms with Crippen molar-refractivity contribution in [1.82, 2.24) is 31.0 Å². The number of amides is 2. The minimum absolute atomic E-state index is 0.0131. The van der Waals surface area contributed by atoms with E-state index < -0.39 is 11.6 Å². The number of hydrazine groups is 1. The SMILES string of the molecule is Cc1cc(C2NNC3CC4NC(=O)N([C@@H]5CCN(Cc6c(F)cccc6F)C5)CC4CC32)ccn1. The predicted octanol–water partition coefficient (Wildman–Crippen LogP) is 2.88. The lowest BCUT2D eigenvalue weighted by Gasteiger charge is -2.47. The number of halogens is 2. The van der Waals surface area contributed by atoms with E-state index in [2.05, 4.69) is 38.2 Å². The molecule has 3 saturated heterocycles. The second-order valence-corrected chi connectivity index (χ2v) is 10.6. The third kappa shape index (κ3) is 4.30. The van der Waals surface area contributed by atoms with Crippen LogP contribution >= 0.6 is 0 Å².